The van der Waals surface area contributed by atoms with Crippen LogP contribution in [0.5, 0.6) is 0 Å². The first-order valence-electron chi connectivity index (χ1n) is 5.98. The van der Waals surface area contributed by atoms with Gasteiger partial charge in [-0.05, 0) is 37.5 Å². The van der Waals surface area contributed by atoms with Crippen LogP contribution in [-0.2, 0) is 0 Å². The predicted octanol–water partition coefficient (Wildman–Crippen LogP) is 3.54. The van der Waals surface area contributed by atoms with Gasteiger partial charge in [-0.25, -0.2) is 0 Å². The summed E-state index contributed by atoms with van der Waals surface area (Å²) in [5.41, 5.74) is 8.35. The van der Waals surface area contributed by atoms with Crippen molar-refractivity contribution in [1.29, 1.82) is 0 Å². The molecule has 0 saturated heterocycles. The van der Waals surface area contributed by atoms with E-state index in [0.29, 0.717) is 0 Å². The van der Waals surface area contributed by atoms with E-state index in [9.17, 15) is 0 Å². The van der Waals surface area contributed by atoms with E-state index in [-0.39, 0.29) is 6.04 Å². The lowest BCUT2D eigenvalue weighted by Gasteiger charge is -2.06. The van der Waals surface area contributed by atoms with Crippen LogP contribution in [0.25, 0.3) is 11.0 Å². The van der Waals surface area contributed by atoms with E-state index in [4.69, 9.17) is 10.2 Å². The van der Waals surface area contributed by atoms with Crippen molar-refractivity contribution in [2.45, 2.75) is 32.2 Å². The Morgan fingerprint density at radius 1 is 1.38 bits per heavy atom. The van der Waals surface area contributed by atoms with Crippen LogP contribution in [0, 0.1) is 12.8 Å². The Bertz CT molecular complexity index is 510. The predicted molar refractivity (Wildman–Crippen MR) is 65.2 cm³/mol. The topological polar surface area (TPSA) is 39.2 Å². The van der Waals surface area contributed by atoms with Crippen LogP contribution in [0.3, 0.4) is 0 Å². The normalized spacial score (nSPS) is 17.9. The van der Waals surface area contributed by atoms with Crippen molar-refractivity contribution in [3.05, 3.63) is 35.6 Å². The molecule has 0 amide bonds. The highest BCUT2D eigenvalue weighted by Crippen LogP contribution is 2.37. The van der Waals surface area contributed by atoms with Gasteiger partial charge in [-0.15, -0.1) is 0 Å². The van der Waals surface area contributed by atoms with Crippen LogP contribution in [-0.4, -0.2) is 0 Å². The largest absolute Gasteiger partial charge is 0.459 e. The summed E-state index contributed by atoms with van der Waals surface area (Å²) in [5, 5.41) is 1.17. The first-order valence-corrected chi connectivity index (χ1v) is 5.98. The van der Waals surface area contributed by atoms with Crippen molar-refractivity contribution in [3.8, 4) is 0 Å². The molecule has 2 nitrogen and oxygen atoms in total. The van der Waals surface area contributed by atoms with Crippen molar-refractivity contribution in [1.82, 2.24) is 0 Å². The quantitative estimate of drug-likeness (QED) is 0.850. The average molecular weight is 215 g/mol. The zero-order valence-corrected chi connectivity index (χ0v) is 9.57. The molecule has 1 aromatic carbocycles. The van der Waals surface area contributed by atoms with E-state index in [1.54, 1.807) is 0 Å². The lowest BCUT2D eigenvalue weighted by atomic mass is 10.1. The van der Waals surface area contributed by atoms with E-state index < -0.39 is 0 Å². The molecule has 0 spiro atoms. The van der Waals surface area contributed by atoms with Gasteiger partial charge >= 0.3 is 0 Å². The second kappa shape index (κ2) is 3.63. The minimum atomic E-state index is 0.0696. The van der Waals surface area contributed by atoms with Crippen LogP contribution in [0.1, 0.15) is 36.6 Å². The van der Waals surface area contributed by atoms with Crippen LogP contribution >= 0.6 is 0 Å². The third-order valence-electron chi connectivity index (χ3n) is 3.34. The van der Waals surface area contributed by atoms with Gasteiger partial charge in [0.15, 0.2) is 0 Å². The lowest BCUT2D eigenvalue weighted by molar-refractivity contribution is 0.463. The number of hydrogen-bond donors (Lipinski definition) is 1. The number of hydrogen-bond acceptors (Lipinski definition) is 2. The number of furan rings is 1. The Balaban J connectivity index is 1.91. The van der Waals surface area contributed by atoms with E-state index in [0.717, 1.165) is 23.7 Å². The summed E-state index contributed by atoms with van der Waals surface area (Å²) in [6.07, 6.45) is 3.75. The molecule has 1 atom stereocenters. The number of nitrogens with two attached hydrogens (primary N) is 1. The Morgan fingerprint density at radius 2 is 2.19 bits per heavy atom. The van der Waals surface area contributed by atoms with Gasteiger partial charge in [0.05, 0.1) is 6.04 Å². The summed E-state index contributed by atoms with van der Waals surface area (Å²) >= 11 is 0. The van der Waals surface area contributed by atoms with Gasteiger partial charge in [-0.1, -0.05) is 24.5 Å². The molecular weight excluding hydrogens is 198 g/mol. The van der Waals surface area contributed by atoms with E-state index in [2.05, 4.69) is 25.1 Å². The van der Waals surface area contributed by atoms with Crippen molar-refractivity contribution in [2.24, 2.45) is 11.7 Å². The Labute approximate surface area is 95.4 Å². The monoisotopic (exact) mass is 215 g/mol. The van der Waals surface area contributed by atoms with E-state index in [1.165, 1.54) is 23.8 Å². The minimum Gasteiger partial charge on any atom is -0.459 e. The molecule has 2 N–H and O–H groups in total. The number of rotatable bonds is 3. The molecule has 2 aromatic rings. The van der Waals surface area contributed by atoms with E-state index >= 15 is 0 Å². The minimum absolute atomic E-state index is 0.0696. The first kappa shape index (κ1) is 9.91. The highest BCUT2D eigenvalue weighted by molar-refractivity contribution is 5.78. The zero-order chi connectivity index (χ0) is 11.1. The van der Waals surface area contributed by atoms with Crippen LogP contribution in [0.15, 0.2) is 28.7 Å². The fourth-order valence-electron chi connectivity index (χ4n) is 2.19. The van der Waals surface area contributed by atoms with Crippen molar-refractivity contribution in [3.63, 3.8) is 0 Å². The molecule has 1 aliphatic carbocycles. The van der Waals surface area contributed by atoms with Gasteiger partial charge in [0, 0.05) is 5.39 Å². The van der Waals surface area contributed by atoms with Crippen LogP contribution < -0.4 is 5.73 Å². The average Bonchev–Trinajstić information content (AvgIpc) is 2.95. The Morgan fingerprint density at radius 3 is 2.94 bits per heavy atom. The van der Waals surface area contributed by atoms with Gasteiger partial charge in [0.1, 0.15) is 11.3 Å². The maximum Gasteiger partial charge on any atom is 0.134 e. The molecule has 0 unspecified atom stereocenters. The lowest BCUT2D eigenvalue weighted by Crippen LogP contribution is -2.09. The third-order valence-corrected chi connectivity index (χ3v) is 3.34. The molecule has 2 heteroatoms. The summed E-state index contributed by atoms with van der Waals surface area (Å²) in [5.74, 6) is 1.78. The first-order chi connectivity index (χ1) is 7.72. The van der Waals surface area contributed by atoms with Gasteiger partial charge in [-0.2, -0.15) is 0 Å². The van der Waals surface area contributed by atoms with Crippen molar-refractivity contribution < 1.29 is 4.42 Å². The standard InChI is InChI=1S/C14H17NO/c1-9-2-5-13-11(6-9)8-14(16-13)12(15)7-10-3-4-10/h2,5-6,8,10,12H,3-4,7,15H2,1H3/t12-/m0/s1. The van der Waals surface area contributed by atoms with Crippen molar-refractivity contribution >= 4 is 11.0 Å². The highest BCUT2D eigenvalue weighted by atomic mass is 16.3. The molecule has 0 radical (unpaired) electrons. The second-order valence-corrected chi connectivity index (χ2v) is 4.98. The summed E-state index contributed by atoms with van der Waals surface area (Å²) in [6, 6.07) is 8.40. The van der Waals surface area contributed by atoms with Crippen molar-refractivity contribution in [2.75, 3.05) is 0 Å². The van der Waals surface area contributed by atoms with Gasteiger partial charge in [-0.3, -0.25) is 0 Å². The molecule has 1 aromatic heterocycles. The number of benzene rings is 1. The smallest absolute Gasteiger partial charge is 0.134 e. The fourth-order valence-corrected chi connectivity index (χ4v) is 2.19. The molecule has 84 valence electrons. The summed E-state index contributed by atoms with van der Waals surface area (Å²) < 4.78 is 5.79. The fraction of sp³-hybridized carbons (Fsp3) is 0.429. The number of aryl methyl sites for hydroxylation is 1. The molecule has 1 saturated carbocycles. The maximum atomic E-state index is 6.14. The zero-order valence-electron chi connectivity index (χ0n) is 9.57. The molecule has 1 heterocycles. The maximum absolute atomic E-state index is 6.14. The van der Waals surface area contributed by atoms with E-state index in [1.807, 2.05) is 6.07 Å². The summed E-state index contributed by atoms with van der Waals surface area (Å²) in [7, 11) is 0. The van der Waals surface area contributed by atoms with Gasteiger partial charge in [0.2, 0.25) is 0 Å². The molecule has 0 aliphatic heterocycles. The molecular formula is C14H17NO. The molecule has 16 heavy (non-hydrogen) atoms. The molecule has 1 aliphatic rings. The molecule has 3 rings (SSSR count). The Kier molecular flexibility index (Phi) is 2.25. The summed E-state index contributed by atoms with van der Waals surface area (Å²) in [4.78, 5) is 0. The van der Waals surface area contributed by atoms with Gasteiger partial charge < -0.3 is 10.2 Å². The number of fused-ring (bicyclic) bond motifs is 1. The second-order valence-electron chi connectivity index (χ2n) is 4.98. The SMILES string of the molecule is Cc1ccc2oc([C@@H](N)CC3CC3)cc2c1. The molecule has 0 bridgehead atoms. The van der Waals surface area contributed by atoms with Gasteiger partial charge in [0.25, 0.3) is 0 Å². The third kappa shape index (κ3) is 1.85. The molecule has 1 fully saturated rings. The summed E-state index contributed by atoms with van der Waals surface area (Å²) in [6.45, 7) is 2.09. The highest BCUT2D eigenvalue weighted by Gasteiger charge is 2.25. The Hall–Kier alpha value is -1.28. The van der Waals surface area contributed by atoms with Crippen LogP contribution in [0.2, 0.25) is 0 Å². The van der Waals surface area contributed by atoms with Crippen LogP contribution in [0.4, 0.5) is 0 Å².